The van der Waals surface area contributed by atoms with Gasteiger partial charge >= 0.3 is 154 Å². The van der Waals surface area contributed by atoms with Crippen LogP contribution in [0.1, 0.15) is 79.1 Å². The number of hydrogen-bond acceptors (Lipinski definition) is 0. The van der Waals surface area contributed by atoms with Gasteiger partial charge in [0, 0.05) is 0 Å². The number of allylic oxidation sites excluding steroid dienone is 8. The molecule has 0 radical (unpaired) electrons. The van der Waals surface area contributed by atoms with Gasteiger partial charge in [-0.05, 0) is 0 Å². The largest absolute Gasteiger partial charge is 0.147 e. The smallest absolute Gasteiger partial charge is 0.147 e. The first-order valence-corrected chi connectivity index (χ1v) is 29.2. The molecule has 26 heavy (non-hydrogen) atoms. The van der Waals surface area contributed by atoms with E-state index < -0.39 is 17.1 Å². The third-order valence-corrected chi connectivity index (χ3v) is 30.5. The number of rotatable bonds is 8. The molecule has 0 aromatic carbocycles. The first-order chi connectivity index (χ1) is 11.2. The minimum atomic E-state index is -3.14. The summed E-state index contributed by atoms with van der Waals surface area (Å²) in [5.41, 5.74) is 6.67. The van der Waals surface area contributed by atoms with Gasteiger partial charge < -0.3 is 0 Å². The van der Waals surface area contributed by atoms with Crippen molar-refractivity contribution >= 4 is 31.8 Å². The summed E-state index contributed by atoms with van der Waals surface area (Å²) in [7, 11) is 0. The zero-order valence-electron chi connectivity index (χ0n) is 17.8. The van der Waals surface area contributed by atoms with Crippen molar-refractivity contribution in [1.82, 2.24) is 0 Å². The van der Waals surface area contributed by atoms with E-state index in [-0.39, 0.29) is 24.8 Å². The molecule has 0 bridgehead atoms. The molecule has 150 valence electrons. The van der Waals surface area contributed by atoms with Crippen LogP contribution in [0.4, 0.5) is 0 Å². The molecule has 0 aliphatic heterocycles. The summed E-state index contributed by atoms with van der Waals surface area (Å²) in [6.45, 7) is 11.8. The number of halogens is 2. The van der Waals surface area contributed by atoms with Gasteiger partial charge in [0.05, 0.1) is 0 Å². The van der Waals surface area contributed by atoms with E-state index in [1.807, 2.05) is 6.66 Å². The van der Waals surface area contributed by atoms with Gasteiger partial charge in [-0.25, -0.2) is 0 Å². The Balaban J connectivity index is 0.00000312. The molecule has 0 heterocycles. The predicted octanol–water partition coefficient (Wildman–Crippen LogP) is 7.75. The summed E-state index contributed by atoms with van der Waals surface area (Å²) < 4.78 is 9.31. The summed E-state index contributed by atoms with van der Waals surface area (Å²) in [6.07, 6.45) is 15.5. The maximum atomic E-state index is 2.73. The summed E-state index contributed by atoms with van der Waals surface area (Å²) in [5.74, 6) is 0. The molecule has 0 atom stereocenters. The van der Waals surface area contributed by atoms with Gasteiger partial charge in [-0.2, -0.15) is 0 Å². The molecule has 0 nitrogen and oxygen atoms in total. The number of hydrogen-bond donors (Lipinski definition) is 0. The molecule has 0 saturated carbocycles. The van der Waals surface area contributed by atoms with Crippen LogP contribution in [-0.4, -0.2) is 6.94 Å². The van der Waals surface area contributed by atoms with E-state index in [1.54, 1.807) is 22.3 Å². The molecule has 0 aromatic rings. The Labute approximate surface area is 177 Å². The molecule has 2 rings (SSSR count). The minimum absolute atomic E-state index is 0. The Morgan fingerprint density at radius 3 is 1.46 bits per heavy atom. The van der Waals surface area contributed by atoms with E-state index in [2.05, 4.69) is 56.1 Å². The molecule has 0 fully saturated rings. The van der Waals surface area contributed by atoms with Gasteiger partial charge in [0.2, 0.25) is 0 Å². The summed E-state index contributed by atoms with van der Waals surface area (Å²) in [6, 6.07) is 0. The van der Waals surface area contributed by atoms with Crippen molar-refractivity contribution in [2.24, 2.45) is 0 Å². The molecule has 2 aliphatic carbocycles. The molecule has 0 amide bonds. The molecule has 0 saturated heterocycles. The number of unbranched alkanes of at least 4 members (excludes halogenated alkanes) is 2. The van der Waals surface area contributed by atoms with Crippen LogP contribution in [0.15, 0.2) is 41.1 Å². The fourth-order valence-electron chi connectivity index (χ4n) is 4.62. The van der Waals surface area contributed by atoms with Crippen molar-refractivity contribution in [2.45, 2.75) is 88.4 Å². The SMILES string of the molecule is CCCCC1=[C]([Hf]([CH3])([CH3])(=[SiH2])[C]2=C(CCCC)C=C(C)C2)CC(C)=C1.Cl.Cl. The van der Waals surface area contributed by atoms with Crippen LogP contribution in [0, 0.1) is 0 Å². The molecule has 0 unspecified atom stereocenters. The maximum absolute atomic E-state index is 3.14. The van der Waals surface area contributed by atoms with E-state index in [1.165, 1.54) is 51.4 Å². The Morgan fingerprint density at radius 1 is 0.808 bits per heavy atom. The van der Waals surface area contributed by atoms with Crippen molar-refractivity contribution in [3.05, 3.63) is 41.1 Å². The third-order valence-electron chi connectivity index (χ3n) is 6.06. The van der Waals surface area contributed by atoms with Gasteiger partial charge in [-0.1, -0.05) is 0 Å². The quantitative estimate of drug-likeness (QED) is 0.257. The summed E-state index contributed by atoms with van der Waals surface area (Å²) in [4.78, 5) is 0. The van der Waals surface area contributed by atoms with Crippen LogP contribution in [0.25, 0.3) is 0 Å². The van der Waals surface area contributed by atoms with Crippen molar-refractivity contribution in [3.8, 4) is 0 Å². The van der Waals surface area contributed by atoms with E-state index in [0.717, 1.165) is 0 Å². The summed E-state index contributed by atoms with van der Waals surface area (Å²) in [5, 5.41) is 0. The molecule has 0 spiro atoms. The minimum Gasteiger partial charge on any atom is -0.147 e. The average molecular weight is 582 g/mol. The third kappa shape index (κ3) is 5.81. The van der Waals surface area contributed by atoms with E-state index in [4.69, 9.17) is 0 Å². The molecular formula is C22H40Cl2HfSi. The Kier molecular flexibility index (Phi) is 10.7. The van der Waals surface area contributed by atoms with E-state index in [0.29, 0.717) is 0 Å². The van der Waals surface area contributed by atoms with E-state index in [9.17, 15) is 0 Å². The van der Waals surface area contributed by atoms with Gasteiger partial charge in [0.15, 0.2) is 0 Å². The fraction of sp³-hybridized carbons (Fsp3) is 0.636. The second kappa shape index (κ2) is 10.4. The van der Waals surface area contributed by atoms with Crippen LogP contribution >= 0.6 is 24.8 Å². The maximum Gasteiger partial charge on any atom is -0.147 e. The standard InChI is InChI=1S/2C10H15.2CH3.2ClH.Hf.H2Si/c2*1-3-4-5-10-7-6-9(2)8-10;;;;;;/h2*8H,3-6H2,1-2H3;2*1H3;2*1H;;1H2. The topological polar surface area (TPSA) is 0 Å². The molecule has 0 N–H and O–H groups in total. The molecular weight excluding hydrogens is 542 g/mol. The summed E-state index contributed by atoms with van der Waals surface area (Å²) >= 11 is -3.14. The van der Waals surface area contributed by atoms with Gasteiger partial charge in [-0.3, -0.25) is 0 Å². The van der Waals surface area contributed by atoms with Gasteiger partial charge in [0.25, 0.3) is 0 Å². The Bertz CT molecular complexity index is 648. The Morgan fingerprint density at radius 2 is 1.15 bits per heavy atom. The van der Waals surface area contributed by atoms with Crippen molar-refractivity contribution in [2.75, 3.05) is 0 Å². The van der Waals surface area contributed by atoms with Crippen molar-refractivity contribution in [3.63, 3.8) is 0 Å². The molecule has 4 heteroatoms. The van der Waals surface area contributed by atoms with Crippen LogP contribution in [0.3, 0.4) is 0 Å². The van der Waals surface area contributed by atoms with Crippen LogP contribution in [0.2, 0.25) is 9.36 Å². The van der Waals surface area contributed by atoms with Crippen LogP contribution in [0.5, 0.6) is 0 Å². The molecule has 2 aliphatic rings. The first kappa shape index (κ1) is 26.6. The predicted molar refractivity (Wildman–Crippen MR) is 125 cm³/mol. The van der Waals surface area contributed by atoms with Crippen LogP contribution < -0.4 is 0 Å². The zero-order chi connectivity index (χ0) is 18.0. The zero-order valence-corrected chi connectivity index (χ0v) is 24.5. The van der Waals surface area contributed by atoms with Crippen molar-refractivity contribution in [1.29, 1.82) is 0 Å². The Hall–Kier alpha value is 0.627. The molecule has 0 aromatic heterocycles. The van der Waals surface area contributed by atoms with Crippen molar-refractivity contribution < 1.29 is 17.1 Å². The second-order valence-corrected chi connectivity index (χ2v) is 50.2. The second-order valence-electron chi connectivity index (χ2n) is 9.24. The normalized spacial score (nSPS) is 17.8. The van der Waals surface area contributed by atoms with Gasteiger partial charge in [0.1, 0.15) is 0 Å². The average Bonchev–Trinajstić information content (AvgIpc) is 3.06. The van der Waals surface area contributed by atoms with E-state index >= 15 is 0 Å². The monoisotopic (exact) mass is 582 g/mol. The van der Waals surface area contributed by atoms with Crippen LogP contribution in [-0.2, 0) is 17.1 Å². The first-order valence-electron chi connectivity index (χ1n) is 10.0. The van der Waals surface area contributed by atoms with Gasteiger partial charge in [-0.15, -0.1) is 24.8 Å². The fourth-order valence-corrected chi connectivity index (χ4v) is 26.6.